The van der Waals surface area contributed by atoms with E-state index in [-0.39, 0.29) is 0 Å². The Bertz CT molecular complexity index is 943. The molecule has 0 amide bonds. The van der Waals surface area contributed by atoms with E-state index in [4.69, 9.17) is 10.7 Å². The van der Waals surface area contributed by atoms with E-state index >= 15 is 0 Å². The van der Waals surface area contributed by atoms with Crippen molar-refractivity contribution in [2.24, 2.45) is 0 Å². The van der Waals surface area contributed by atoms with Crippen LogP contribution in [0.15, 0.2) is 91.0 Å². The molecule has 3 heteroatoms. The third kappa shape index (κ3) is 2.46. The topological polar surface area (TPSA) is 43.8 Å². The van der Waals surface area contributed by atoms with Crippen molar-refractivity contribution >= 4 is 5.82 Å². The van der Waals surface area contributed by atoms with Crippen molar-refractivity contribution < 1.29 is 0 Å². The van der Waals surface area contributed by atoms with Gasteiger partial charge in [0.1, 0.15) is 17.3 Å². The first-order valence-electron chi connectivity index (χ1n) is 7.89. The van der Waals surface area contributed by atoms with Gasteiger partial charge in [-0.2, -0.15) is 0 Å². The van der Waals surface area contributed by atoms with Crippen molar-refractivity contribution in [3.63, 3.8) is 0 Å². The van der Waals surface area contributed by atoms with Gasteiger partial charge in [-0.05, 0) is 12.1 Å². The molecule has 24 heavy (non-hydrogen) atoms. The Morgan fingerprint density at radius 1 is 0.625 bits per heavy atom. The predicted octanol–water partition coefficient (Wildman–Crippen LogP) is 4.79. The summed E-state index contributed by atoms with van der Waals surface area (Å²) >= 11 is 0. The minimum Gasteiger partial charge on any atom is -0.383 e. The van der Waals surface area contributed by atoms with E-state index in [2.05, 4.69) is 12.1 Å². The number of hydrogen-bond acceptors (Lipinski definition) is 2. The van der Waals surface area contributed by atoms with Crippen LogP contribution in [0.2, 0.25) is 0 Å². The van der Waals surface area contributed by atoms with Gasteiger partial charge < -0.3 is 5.73 Å². The molecule has 3 nitrogen and oxygen atoms in total. The average molecular weight is 311 g/mol. The molecule has 0 aliphatic heterocycles. The number of benzene rings is 3. The van der Waals surface area contributed by atoms with Crippen molar-refractivity contribution in [3.8, 4) is 28.3 Å². The molecule has 1 heterocycles. The van der Waals surface area contributed by atoms with E-state index in [1.54, 1.807) is 0 Å². The summed E-state index contributed by atoms with van der Waals surface area (Å²) in [6, 6.07) is 30.3. The van der Waals surface area contributed by atoms with Crippen LogP contribution in [0, 0.1) is 0 Å². The third-order valence-electron chi connectivity index (χ3n) is 4.01. The Balaban J connectivity index is 1.99. The molecule has 0 unspecified atom stereocenters. The molecule has 0 radical (unpaired) electrons. The van der Waals surface area contributed by atoms with Gasteiger partial charge >= 0.3 is 0 Å². The number of nitrogens with two attached hydrogens (primary N) is 1. The number of rotatable bonds is 3. The number of nitrogens with zero attached hydrogens (tertiary/aromatic N) is 2. The van der Waals surface area contributed by atoms with Gasteiger partial charge in [-0.25, -0.2) is 4.98 Å². The van der Waals surface area contributed by atoms with E-state index in [1.165, 1.54) is 0 Å². The first kappa shape index (κ1) is 14.3. The second-order valence-electron chi connectivity index (χ2n) is 5.57. The monoisotopic (exact) mass is 311 g/mol. The molecular weight excluding hydrogens is 294 g/mol. The normalized spacial score (nSPS) is 10.7. The van der Waals surface area contributed by atoms with Crippen molar-refractivity contribution in [1.29, 1.82) is 0 Å². The molecule has 0 aliphatic carbocycles. The average Bonchev–Trinajstić information content (AvgIpc) is 3.01. The number of aromatic nitrogens is 2. The largest absolute Gasteiger partial charge is 0.383 e. The summed E-state index contributed by atoms with van der Waals surface area (Å²) in [7, 11) is 0. The molecule has 2 N–H and O–H groups in total. The Morgan fingerprint density at radius 3 is 1.71 bits per heavy atom. The predicted molar refractivity (Wildman–Crippen MR) is 98.8 cm³/mol. The van der Waals surface area contributed by atoms with Gasteiger partial charge in [0.2, 0.25) is 0 Å². The zero-order valence-electron chi connectivity index (χ0n) is 13.1. The highest BCUT2D eigenvalue weighted by Gasteiger charge is 2.18. The summed E-state index contributed by atoms with van der Waals surface area (Å²) in [5, 5.41) is 0. The number of anilines is 1. The van der Waals surface area contributed by atoms with Crippen LogP contribution in [0.1, 0.15) is 0 Å². The van der Waals surface area contributed by atoms with Gasteiger partial charge in [-0.1, -0.05) is 78.9 Å². The summed E-state index contributed by atoms with van der Waals surface area (Å²) in [4.78, 5) is 4.86. The number of nitrogen functional groups attached to an aromatic ring is 1. The molecule has 0 aliphatic rings. The Morgan fingerprint density at radius 2 is 1.12 bits per heavy atom. The second kappa shape index (κ2) is 6.05. The maximum absolute atomic E-state index is 6.51. The first-order valence-corrected chi connectivity index (χ1v) is 7.89. The van der Waals surface area contributed by atoms with E-state index < -0.39 is 0 Å². The van der Waals surface area contributed by atoms with Crippen LogP contribution >= 0.6 is 0 Å². The molecular formula is C21H17N3. The van der Waals surface area contributed by atoms with Crippen LogP contribution in [0.4, 0.5) is 5.82 Å². The summed E-state index contributed by atoms with van der Waals surface area (Å²) in [6.45, 7) is 0. The van der Waals surface area contributed by atoms with Gasteiger partial charge in [-0.3, -0.25) is 4.57 Å². The zero-order valence-corrected chi connectivity index (χ0v) is 13.1. The van der Waals surface area contributed by atoms with E-state index in [9.17, 15) is 0 Å². The molecule has 116 valence electrons. The molecule has 3 aromatic carbocycles. The van der Waals surface area contributed by atoms with Gasteiger partial charge in [0, 0.05) is 16.8 Å². The molecule has 0 saturated carbocycles. The van der Waals surface area contributed by atoms with E-state index in [1.807, 2.05) is 83.4 Å². The zero-order chi connectivity index (χ0) is 16.4. The van der Waals surface area contributed by atoms with Crippen LogP contribution in [-0.4, -0.2) is 9.55 Å². The van der Waals surface area contributed by atoms with Crippen LogP contribution in [0.3, 0.4) is 0 Å². The molecule has 0 atom stereocenters. The Kier molecular flexibility index (Phi) is 3.60. The summed E-state index contributed by atoms with van der Waals surface area (Å²) in [5.41, 5.74) is 10.4. The highest BCUT2D eigenvalue weighted by atomic mass is 15.1. The fourth-order valence-corrected chi connectivity index (χ4v) is 2.86. The molecule has 0 saturated heterocycles. The van der Waals surface area contributed by atoms with Crippen LogP contribution in [0.25, 0.3) is 28.3 Å². The lowest BCUT2D eigenvalue weighted by atomic mass is 10.1. The van der Waals surface area contributed by atoms with Gasteiger partial charge in [0.15, 0.2) is 0 Å². The molecule has 0 spiro atoms. The first-order chi connectivity index (χ1) is 11.8. The number of imidazole rings is 1. The number of hydrogen-bond donors (Lipinski definition) is 1. The van der Waals surface area contributed by atoms with Crippen LogP contribution < -0.4 is 5.73 Å². The minimum absolute atomic E-state index is 0.645. The van der Waals surface area contributed by atoms with E-state index in [0.717, 1.165) is 28.3 Å². The van der Waals surface area contributed by atoms with Crippen molar-refractivity contribution in [2.75, 3.05) is 5.73 Å². The van der Waals surface area contributed by atoms with Gasteiger partial charge in [-0.15, -0.1) is 0 Å². The molecule has 0 bridgehead atoms. The Hall–Kier alpha value is -3.33. The molecule has 0 fully saturated rings. The van der Waals surface area contributed by atoms with Crippen molar-refractivity contribution in [1.82, 2.24) is 9.55 Å². The van der Waals surface area contributed by atoms with Crippen LogP contribution in [-0.2, 0) is 0 Å². The summed E-state index contributed by atoms with van der Waals surface area (Å²) in [5.74, 6) is 1.49. The number of para-hydroxylation sites is 1. The highest BCUT2D eigenvalue weighted by molar-refractivity contribution is 5.77. The lowest BCUT2D eigenvalue weighted by Gasteiger charge is -2.10. The summed E-state index contributed by atoms with van der Waals surface area (Å²) < 4.78 is 2.01. The lowest BCUT2D eigenvalue weighted by Crippen LogP contribution is -2.02. The quantitative estimate of drug-likeness (QED) is 0.591. The van der Waals surface area contributed by atoms with Crippen molar-refractivity contribution in [2.45, 2.75) is 0 Å². The SMILES string of the molecule is Nc1c(-c2ccccc2)nc(-c2ccccc2)n1-c1ccccc1. The standard InChI is InChI=1S/C21H17N3/c22-20-19(16-10-4-1-5-11-16)23-21(17-12-6-2-7-13-17)24(20)18-14-8-3-9-15-18/h1-15H,22H2. The molecule has 4 rings (SSSR count). The smallest absolute Gasteiger partial charge is 0.146 e. The van der Waals surface area contributed by atoms with E-state index in [0.29, 0.717) is 5.82 Å². The summed E-state index contributed by atoms with van der Waals surface area (Å²) in [6.07, 6.45) is 0. The lowest BCUT2D eigenvalue weighted by molar-refractivity contribution is 1.08. The Labute approximate surface area is 141 Å². The molecule has 1 aromatic heterocycles. The second-order valence-corrected chi connectivity index (χ2v) is 5.57. The maximum atomic E-state index is 6.51. The van der Waals surface area contributed by atoms with Gasteiger partial charge in [0.05, 0.1) is 0 Å². The fourth-order valence-electron chi connectivity index (χ4n) is 2.86. The highest BCUT2D eigenvalue weighted by Crippen LogP contribution is 2.33. The third-order valence-corrected chi connectivity index (χ3v) is 4.01. The van der Waals surface area contributed by atoms with Crippen molar-refractivity contribution in [3.05, 3.63) is 91.0 Å². The minimum atomic E-state index is 0.645. The maximum Gasteiger partial charge on any atom is 0.146 e. The fraction of sp³-hybridized carbons (Fsp3) is 0. The molecule has 4 aromatic rings. The van der Waals surface area contributed by atoms with Gasteiger partial charge in [0.25, 0.3) is 0 Å². The van der Waals surface area contributed by atoms with Crippen LogP contribution in [0.5, 0.6) is 0 Å².